The second-order valence-electron chi connectivity index (χ2n) is 19.2. The van der Waals surface area contributed by atoms with Crippen LogP contribution in [0.5, 0.6) is 0 Å². The van der Waals surface area contributed by atoms with Gasteiger partial charge in [0.1, 0.15) is 30.5 Å². The first kappa shape index (κ1) is 61.4. The van der Waals surface area contributed by atoms with E-state index in [4.69, 9.17) is 9.47 Å². The first-order valence-corrected chi connectivity index (χ1v) is 27.3. The maximum atomic E-state index is 13.1. The van der Waals surface area contributed by atoms with Gasteiger partial charge in [-0.1, -0.05) is 224 Å². The molecule has 8 atom stereocenters. The molecule has 8 unspecified atom stereocenters. The molecule has 0 aromatic carbocycles. The lowest BCUT2D eigenvalue weighted by atomic mass is 9.99. The normalized spacial score (nSPS) is 20.6. The third kappa shape index (κ3) is 34.3. The number of rotatable bonds is 46. The minimum Gasteiger partial charge on any atom is -0.394 e. The van der Waals surface area contributed by atoms with Crippen LogP contribution in [0.1, 0.15) is 245 Å². The molecule has 382 valence electrons. The summed E-state index contributed by atoms with van der Waals surface area (Å²) in [5.74, 6) is -0.628. The summed E-state index contributed by atoms with van der Waals surface area (Å²) in [5, 5.41) is 64.9. The molecule has 0 bridgehead atoms. The Morgan fingerprint density at radius 1 is 0.523 bits per heavy atom. The summed E-state index contributed by atoms with van der Waals surface area (Å²) in [7, 11) is 0. The minimum absolute atomic E-state index is 0.299. The number of ether oxygens (including phenoxy) is 2. The largest absolute Gasteiger partial charge is 0.394 e. The Morgan fingerprint density at radius 3 is 1.34 bits per heavy atom. The van der Waals surface area contributed by atoms with E-state index in [1.807, 2.05) is 6.08 Å². The molecule has 10 nitrogen and oxygen atoms in total. The monoisotopic (exact) mass is 922 g/mol. The molecule has 1 heterocycles. The molecule has 0 aromatic heterocycles. The van der Waals surface area contributed by atoms with Crippen LogP contribution in [0.4, 0.5) is 0 Å². The predicted molar refractivity (Wildman–Crippen MR) is 269 cm³/mol. The van der Waals surface area contributed by atoms with E-state index in [9.17, 15) is 35.4 Å². The van der Waals surface area contributed by atoms with Crippen molar-refractivity contribution in [2.24, 2.45) is 0 Å². The van der Waals surface area contributed by atoms with Crippen LogP contribution in [0, 0.1) is 0 Å². The molecule has 0 aliphatic carbocycles. The average molecular weight is 922 g/mol. The molecule has 65 heavy (non-hydrogen) atoms. The van der Waals surface area contributed by atoms with Gasteiger partial charge in [-0.25, -0.2) is 0 Å². The summed E-state index contributed by atoms with van der Waals surface area (Å²) >= 11 is 0. The van der Waals surface area contributed by atoms with Crippen LogP contribution >= 0.6 is 0 Å². The fraction of sp³-hybridized carbons (Fsp3) is 0.873. The summed E-state index contributed by atoms with van der Waals surface area (Å²) in [5.41, 5.74) is 0. The Bertz CT molecular complexity index is 1130. The molecule has 0 aromatic rings. The molecule has 0 spiro atoms. The van der Waals surface area contributed by atoms with E-state index in [1.54, 1.807) is 6.08 Å². The smallest absolute Gasteiger partial charge is 0.249 e. The maximum absolute atomic E-state index is 13.1. The highest BCUT2D eigenvalue weighted by atomic mass is 16.7. The standard InChI is InChI=1S/C55H103NO9/c1-3-5-7-9-11-13-15-17-19-21-22-23-24-25-26-28-30-32-34-36-38-40-42-44-49(59)54(63)56-47(46-64-55-53(62)52(61)51(60)50(45-57)65-55)48(58)43-41-39-37-35-33-31-29-27-20-18-16-14-12-10-8-6-4-2/h25-26,33,35,41,43,47-53,55,57-62H,3-24,27-32,34,36-40,42,44-46H2,1-2H3,(H,56,63)/b26-25-,35-33+,43-41+. The van der Waals surface area contributed by atoms with E-state index >= 15 is 0 Å². The molecule has 1 fully saturated rings. The highest BCUT2D eigenvalue weighted by Gasteiger charge is 2.44. The van der Waals surface area contributed by atoms with Gasteiger partial charge in [-0.2, -0.15) is 0 Å². The zero-order valence-corrected chi connectivity index (χ0v) is 41.9. The number of amides is 1. The third-order valence-corrected chi connectivity index (χ3v) is 13.0. The Kier molecular flexibility index (Phi) is 42.4. The highest BCUT2D eigenvalue weighted by molar-refractivity contribution is 5.80. The molecule has 1 aliphatic heterocycles. The number of carbonyl (C=O) groups excluding carboxylic acids is 1. The summed E-state index contributed by atoms with van der Waals surface area (Å²) < 4.78 is 11.2. The third-order valence-electron chi connectivity index (χ3n) is 13.0. The molecule has 0 radical (unpaired) electrons. The van der Waals surface area contributed by atoms with Crippen LogP contribution in [0.15, 0.2) is 36.5 Å². The number of allylic oxidation sites excluding steroid dienone is 5. The fourth-order valence-corrected chi connectivity index (χ4v) is 8.59. The highest BCUT2D eigenvalue weighted by Crippen LogP contribution is 2.23. The van der Waals surface area contributed by atoms with E-state index in [0.717, 1.165) is 38.5 Å². The second kappa shape index (κ2) is 44.9. The number of carbonyl (C=O) groups is 1. The molecule has 1 amide bonds. The van der Waals surface area contributed by atoms with Gasteiger partial charge in [-0.3, -0.25) is 4.79 Å². The maximum Gasteiger partial charge on any atom is 0.249 e. The van der Waals surface area contributed by atoms with Crippen molar-refractivity contribution in [3.63, 3.8) is 0 Å². The van der Waals surface area contributed by atoms with Crippen LogP contribution in [-0.4, -0.2) is 98.7 Å². The SMILES string of the molecule is CCCCCCCCCCCCC/C=C/CC/C=C/C(O)C(COC1OC(CO)C(O)C(O)C1O)NC(=O)C(O)CCCCCCCCC/C=C\CCCCCCCCCCCCCC. The van der Waals surface area contributed by atoms with E-state index in [0.29, 0.717) is 19.3 Å². The van der Waals surface area contributed by atoms with Crippen LogP contribution < -0.4 is 5.32 Å². The number of aliphatic hydroxyl groups excluding tert-OH is 6. The Labute approximate surface area is 398 Å². The summed E-state index contributed by atoms with van der Waals surface area (Å²) in [6.07, 6.45) is 46.7. The Hall–Kier alpha value is -1.63. The van der Waals surface area contributed by atoms with Crippen molar-refractivity contribution in [1.82, 2.24) is 5.32 Å². The van der Waals surface area contributed by atoms with Gasteiger partial charge < -0.3 is 45.4 Å². The lowest BCUT2D eigenvalue weighted by molar-refractivity contribution is -0.302. The summed E-state index contributed by atoms with van der Waals surface area (Å²) in [6.45, 7) is 3.61. The van der Waals surface area contributed by atoms with Crippen molar-refractivity contribution in [1.29, 1.82) is 0 Å². The van der Waals surface area contributed by atoms with Crippen molar-refractivity contribution < 1.29 is 44.9 Å². The second-order valence-corrected chi connectivity index (χ2v) is 19.2. The van der Waals surface area contributed by atoms with Crippen molar-refractivity contribution in [2.45, 2.75) is 294 Å². The fourth-order valence-electron chi connectivity index (χ4n) is 8.59. The van der Waals surface area contributed by atoms with Gasteiger partial charge in [-0.15, -0.1) is 0 Å². The lowest BCUT2D eigenvalue weighted by Gasteiger charge is -2.40. The van der Waals surface area contributed by atoms with Gasteiger partial charge in [0.05, 0.1) is 25.4 Å². The topological polar surface area (TPSA) is 169 Å². The van der Waals surface area contributed by atoms with Crippen molar-refractivity contribution >= 4 is 5.91 Å². The molecule has 0 saturated carbocycles. The molecule has 7 N–H and O–H groups in total. The molecule has 1 aliphatic rings. The summed E-state index contributed by atoms with van der Waals surface area (Å²) in [4.78, 5) is 13.1. The predicted octanol–water partition coefficient (Wildman–Crippen LogP) is 11.8. The van der Waals surface area contributed by atoms with Gasteiger partial charge in [-0.05, 0) is 57.8 Å². The van der Waals surface area contributed by atoms with Gasteiger partial charge in [0.15, 0.2) is 6.29 Å². The first-order chi connectivity index (χ1) is 31.8. The molecular weight excluding hydrogens is 819 g/mol. The minimum atomic E-state index is -1.62. The van der Waals surface area contributed by atoms with Crippen LogP contribution in [-0.2, 0) is 14.3 Å². The zero-order chi connectivity index (χ0) is 47.4. The Balaban J connectivity index is 2.32. The van der Waals surface area contributed by atoms with E-state index in [-0.39, 0.29) is 6.61 Å². The average Bonchev–Trinajstić information content (AvgIpc) is 3.31. The summed E-state index contributed by atoms with van der Waals surface area (Å²) in [6, 6.07) is -0.999. The van der Waals surface area contributed by atoms with Gasteiger partial charge >= 0.3 is 0 Å². The first-order valence-electron chi connectivity index (χ1n) is 27.3. The van der Waals surface area contributed by atoms with E-state index in [2.05, 4.69) is 43.5 Å². The van der Waals surface area contributed by atoms with E-state index in [1.165, 1.54) is 173 Å². The molecular formula is C55H103NO9. The molecule has 1 rings (SSSR count). The number of nitrogens with one attached hydrogen (secondary N) is 1. The van der Waals surface area contributed by atoms with E-state index < -0.39 is 61.5 Å². The van der Waals surface area contributed by atoms with Gasteiger partial charge in [0.25, 0.3) is 0 Å². The number of hydrogen-bond acceptors (Lipinski definition) is 9. The molecule has 1 saturated heterocycles. The van der Waals surface area contributed by atoms with Crippen molar-refractivity contribution in [2.75, 3.05) is 13.2 Å². The van der Waals surface area contributed by atoms with Crippen LogP contribution in [0.25, 0.3) is 0 Å². The quantitative estimate of drug-likeness (QED) is 0.0232. The van der Waals surface area contributed by atoms with Crippen molar-refractivity contribution in [3.05, 3.63) is 36.5 Å². The molecule has 10 heteroatoms. The number of aliphatic hydroxyl groups is 6. The van der Waals surface area contributed by atoms with Crippen LogP contribution in [0.3, 0.4) is 0 Å². The number of unbranched alkanes of at least 4 members (excludes halogenated alkanes) is 31. The zero-order valence-electron chi connectivity index (χ0n) is 41.9. The van der Waals surface area contributed by atoms with Gasteiger partial charge in [0, 0.05) is 0 Å². The Morgan fingerprint density at radius 2 is 0.908 bits per heavy atom. The van der Waals surface area contributed by atoms with Crippen LogP contribution in [0.2, 0.25) is 0 Å². The van der Waals surface area contributed by atoms with Crippen molar-refractivity contribution in [3.8, 4) is 0 Å². The number of hydrogen-bond donors (Lipinski definition) is 7. The van der Waals surface area contributed by atoms with Gasteiger partial charge in [0.2, 0.25) is 5.91 Å². The lowest BCUT2D eigenvalue weighted by Crippen LogP contribution is -2.60.